The van der Waals surface area contributed by atoms with E-state index < -0.39 is 41.8 Å². The van der Waals surface area contributed by atoms with Gasteiger partial charge in [-0.1, -0.05) is 30.3 Å². The van der Waals surface area contributed by atoms with Gasteiger partial charge in [0.2, 0.25) is 23.6 Å². The summed E-state index contributed by atoms with van der Waals surface area (Å²) in [5, 5.41) is 2.46. The number of hydrogen-bond donors (Lipinski definition) is 2. The molecule has 30 heavy (non-hydrogen) atoms. The number of likely N-dealkylation sites (tertiary alicyclic amines) is 2. The van der Waals surface area contributed by atoms with E-state index in [0.717, 1.165) is 10.5 Å². The summed E-state index contributed by atoms with van der Waals surface area (Å²) < 4.78 is 5.17. The molecule has 0 aromatic heterocycles. The Morgan fingerprint density at radius 3 is 2.53 bits per heavy atom. The molecule has 1 aromatic carbocycles. The lowest BCUT2D eigenvalue weighted by molar-refractivity contribution is -0.138. The lowest BCUT2D eigenvalue weighted by Crippen LogP contribution is -2.51. The molecule has 2 heterocycles. The van der Waals surface area contributed by atoms with Gasteiger partial charge < -0.3 is 20.7 Å². The highest BCUT2D eigenvalue weighted by Crippen LogP contribution is 2.21. The topological polar surface area (TPSA) is 139 Å². The van der Waals surface area contributed by atoms with E-state index in [1.165, 1.54) is 4.90 Å². The predicted octanol–water partition coefficient (Wildman–Crippen LogP) is -0.0933. The van der Waals surface area contributed by atoms with Gasteiger partial charge in [0.1, 0.15) is 18.7 Å². The molecule has 0 bridgehead atoms. The van der Waals surface area contributed by atoms with E-state index in [1.807, 2.05) is 6.07 Å². The summed E-state index contributed by atoms with van der Waals surface area (Å²) >= 11 is 0. The Labute approximate surface area is 173 Å². The van der Waals surface area contributed by atoms with Gasteiger partial charge in [-0.25, -0.2) is 9.69 Å². The van der Waals surface area contributed by atoms with E-state index >= 15 is 0 Å². The highest BCUT2D eigenvalue weighted by molar-refractivity contribution is 6.01. The van der Waals surface area contributed by atoms with Gasteiger partial charge in [0.15, 0.2) is 0 Å². The third kappa shape index (κ3) is 4.76. The van der Waals surface area contributed by atoms with Crippen LogP contribution in [0.5, 0.6) is 0 Å². The second-order valence-corrected chi connectivity index (χ2v) is 7.22. The lowest BCUT2D eigenvalue weighted by Gasteiger charge is -2.24. The van der Waals surface area contributed by atoms with Crippen molar-refractivity contribution in [3.05, 3.63) is 35.9 Å². The maximum absolute atomic E-state index is 12.5. The monoisotopic (exact) mass is 416 g/mol. The number of nitrogens with zero attached hydrogens (tertiary/aromatic N) is 2. The summed E-state index contributed by atoms with van der Waals surface area (Å²) in [5.41, 5.74) is 6.05. The van der Waals surface area contributed by atoms with Crippen LogP contribution in [-0.4, -0.2) is 64.7 Å². The number of rotatable bonds is 6. The normalized spacial score (nSPS) is 20.9. The number of nitrogens with one attached hydrogen (secondary N) is 1. The molecule has 0 spiro atoms. The van der Waals surface area contributed by atoms with Crippen LogP contribution in [0.1, 0.15) is 31.2 Å². The summed E-state index contributed by atoms with van der Waals surface area (Å²) in [7, 11) is 0. The summed E-state index contributed by atoms with van der Waals surface area (Å²) in [6.45, 7) is 0.0160. The Bertz CT molecular complexity index is 843. The Hall–Kier alpha value is -3.43. The number of nitrogens with two attached hydrogens (primary N) is 1. The van der Waals surface area contributed by atoms with Crippen molar-refractivity contribution in [1.29, 1.82) is 0 Å². The first-order valence-electron chi connectivity index (χ1n) is 9.77. The molecule has 0 radical (unpaired) electrons. The van der Waals surface area contributed by atoms with Gasteiger partial charge in [-0.15, -0.1) is 0 Å². The van der Waals surface area contributed by atoms with Crippen LogP contribution in [0.3, 0.4) is 0 Å². The van der Waals surface area contributed by atoms with Crippen molar-refractivity contribution in [1.82, 2.24) is 15.1 Å². The van der Waals surface area contributed by atoms with Crippen molar-refractivity contribution >= 4 is 29.7 Å². The van der Waals surface area contributed by atoms with Crippen LogP contribution in [0, 0.1) is 0 Å². The van der Waals surface area contributed by atoms with Crippen molar-refractivity contribution in [2.24, 2.45) is 5.73 Å². The quantitative estimate of drug-likeness (QED) is 0.664. The van der Waals surface area contributed by atoms with Crippen molar-refractivity contribution < 1.29 is 28.7 Å². The van der Waals surface area contributed by atoms with Gasteiger partial charge in [0, 0.05) is 13.0 Å². The maximum Gasteiger partial charge on any atom is 0.417 e. The van der Waals surface area contributed by atoms with Gasteiger partial charge in [-0.3, -0.25) is 19.2 Å². The van der Waals surface area contributed by atoms with Crippen molar-refractivity contribution in [3.8, 4) is 0 Å². The van der Waals surface area contributed by atoms with Gasteiger partial charge in [0.05, 0.1) is 6.54 Å². The molecule has 10 nitrogen and oxygen atoms in total. The predicted molar refractivity (Wildman–Crippen MR) is 103 cm³/mol. The first-order valence-corrected chi connectivity index (χ1v) is 9.77. The van der Waals surface area contributed by atoms with E-state index in [-0.39, 0.29) is 26.0 Å². The Morgan fingerprint density at radius 2 is 1.83 bits per heavy atom. The average molecular weight is 416 g/mol. The zero-order chi connectivity index (χ0) is 21.7. The molecule has 0 saturated carbocycles. The third-order valence-corrected chi connectivity index (χ3v) is 5.23. The van der Waals surface area contributed by atoms with E-state index in [1.54, 1.807) is 24.3 Å². The Balaban J connectivity index is 1.55. The highest BCUT2D eigenvalue weighted by Gasteiger charge is 2.41. The fourth-order valence-electron chi connectivity index (χ4n) is 3.69. The van der Waals surface area contributed by atoms with Crippen LogP contribution in [0.4, 0.5) is 4.79 Å². The van der Waals surface area contributed by atoms with Crippen LogP contribution in [-0.2, 0) is 30.5 Å². The molecule has 2 unspecified atom stereocenters. The van der Waals surface area contributed by atoms with Crippen LogP contribution >= 0.6 is 0 Å². The molecule has 2 aliphatic rings. The van der Waals surface area contributed by atoms with E-state index in [9.17, 15) is 24.0 Å². The van der Waals surface area contributed by atoms with Crippen LogP contribution in [0.15, 0.2) is 30.3 Å². The van der Waals surface area contributed by atoms with Gasteiger partial charge in [-0.05, 0) is 24.8 Å². The largest absolute Gasteiger partial charge is 0.444 e. The fourth-order valence-corrected chi connectivity index (χ4v) is 3.69. The van der Waals surface area contributed by atoms with Gasteiger partial charge in [-0.2, -0.15) is 0 Å². The number of ether oxygens (including phenoxy) is 1. The minimum Gasteiger partial charge on any atom is -0.444 e. The zero-order valence-electron chi connectivity index (χ0n) is 16.4. The van der Waals surface area contributed by atoms with Crippen molar-refractivity contribution in [2.45, 2.75) is 44.4 Å². The molecular formula is C20H24N4O6. The number of hydrogen-bond acceptors (Lipinski definition) is 6. The summed E-state index contributed by atoms with van der Waals surface area (Å²) in [4.78, 5) is 63.0. The van der Waals surface area contributed by atoms with E-state index in [0.29, 0.717) is 19.4 Å². The fraction of sp³-hybridized carbons (Fsp3) is 0.450. The molecule has 10 heteroatoms. The molecular weight excluding hydrogens is 392 g/mol. The molecule has 2 aliphatic heterocycles. The number of carbonyl (C=O) groups excluding carboxylic acids is 5. The number of amides is 5. The van der Waals surface area contributed by atoms with Crippen LogP contribution in [0.25, 0.3) is 0 Å². The van der Waals surface area contributed by atoms with Crippen LogP contribution < -0.4 is 11.1 Å². The summed E-state index contributed by atoms with van der Waals surface area (Å²) in [5.74, 6) is -2.15. The van der Waals surface area contributed by atoms with Gasteiger partial charge >= 0.3 is 6.09 Å². The number of primary amides is 1. The van der Waals surface area contributed by atoms with Crippen LogP contribution in [0.2, 0.25) is 0 Å². The molecule has 2 fully saturated rings. The maximum atomic E-state index is 12.5. The molecule has 3 rings (SSSR count). The third-order valence-electron chi connectivity index (χ3n) is 5.23. The smallest absolute Gasteiger partial charge is 0.417 e. The molecule has 2 saturated heterocycles. The molecule has 0 aliphatic carbocycles. The first kappa shape index (κ1) is 21.3. The first-order chi connectivity index (χ1) is 14.4. The van der Waals surface area contributed by atoms with Crippen molar-refractivity contribution in [2.75, 3.05) is 13.1 Å². The number of imide groups is 1. The average Bonchev–Trinajstić information content (AvgIpc) is 3.38. The Morgan fingerprint density at radius 1 is 1.10 bits per heavy atom. The minimum absolute atomic E-state index is 0.0280. The number of benzene rings is 1. The molecule has 2 atom stereocenters. The molecule has 1 aromatic rings. The van der Waals surface area contributed by atoms with E-state index in [2.05, 4.69) is 5.32 Å². The number of carbonyl (C=O) groups is 5. The SMILES string of the molecule is NC(=O)C1CCCN1C(=O)CNC(=O)C1CCC(=O)N1C(=O)OCc1ccccc1. The molecule has 5 amide bonds. The highest BCUT2D eigenvalue weighted by atomic mass is 16.6. The molecule has 3 N–H and O–H groups in total. The van der Waals surface area contributed by atoms with Gasteiger partial charge in [0.25, 0.3) is 0 Å². The second-order valence-electron chi connectivity index (χ2n) is 7.22. The standard InChI is InChI=1S/C20H24N4O6/c21-18(27)14-7-4-10-23(14)17(26)11-22-19(28)15-8-9-16(25)24(15)20(29)30-12-13-5-2-1-3-6-13/h1-3,5-6,14-15H,4,7-12H2,(H2,21,27)(H,22,28). The second kappa shape index (κ2) is 9.38. The molecule has 160 valence electrons. The van der Waals surface area contributed by atoms with E-state index in [4.69, 9.17) is 10.5 Å². The zero-order valence-corrected chi connectivity index (χ0v) is 16.4. The summed E-state index contributed by atoms with van der Waals surface area (Å²) in [6.07, 6.45) is 0.426. The minimum atomic E-state index is -1.04. The van der Waals surface area contributed by atoms with Crippen molar-refractivity contribution in [3.63, 3.8) is 0 Å². The summed E-state index contributed by atoms with van der Waals surface area (Å²) in [6, 6.07) is 7.23. The Kier molecular flexibility index (Phi) is 6.65. The lowest BCUT2D eigenvalue weighted by atomic mass is 10.2.